The number of amides is 2. The largest absolute Gasteiger partial charge is 0.415 e. The molecule has 0 bridgehead atoms. The van der Waals surface area contributed by atoms with E-state index in [0.29, 0.717) is 31.9 Å². The minimum atomic E-state index is -0.373. The van der Waals surface area contributed by atoms with E-state index in [2.05, 4.69) is 0 Å². The van der Waals surface area contributed by atoms with Gasteiger partial charge in [0, 0.05) is 32.3 Å². The molecule has 0 radical (unpaired) electrons. The quantitative estimate of drug-likeness (QED) is 0.806. The number of para-hydroxylation sites is 1. The van der Waals surface area contributed by atoms with Gasteiger partial charge in [-0.3, -0.25) is 4.79 Å². The highest BCUT2D eigenvalue weighted by Gasteiger charge is 2.24. The lowest BCUT2D eigenvalue weighted by molar-refractivity contribution is -0.127. The van der Waals surface area contributed by atoms with Crippen molar-refractivity contribution in [3.05, 3.63) is 58.8 Å². The van der Waals surface area contributed by atoms with Crippen molar-refractivity contribution >= 4 is 29.4 Å². The van der Waals surface area contributed by atoms with Crippen LogP contribution in [0.2, 0.25) is 0 Å². The van der Waals surface area contributed by atoms with Crippen molar-refractivity contribution in [3.8, 4) is 5.75 Å². The Bertz CT molecular complexity index is 705. The zero-order valence-corrected chi connectivity index (χ0v) is 13.9. The van der Waals surface area contributed by atoms with E-state index in [-0.39, 0.29) is 12.0 Å². The van der Waals surface area contributed by atoms with Crippen LogP contribution in [0.25, 0.3) is 6.08 Å². The summed E-state index contributed by atoms with van der Waals surface area (Å²) in [6.45, 7) is 1.97. The lowest BCUT2D eigenvalue weighted by atomic mass is 10.2. The molecule has 0 N–H and O–H groups in total. The summed E-state index contributed by atoms with van der Waals surface area (Å²) in [5.41, 5.74) is 1.03. The van der Waals surface area contributed by atoms with Crippen LogP contribution in [0.15, 0.2) is 53.2 Å². The molecule has 5 nitrogen and oxygen atoms in total. The maximum atomic E-state index is 12.2. The first-order valence-electron chi connectivity index (χ1n) is 7.73. The van der Waals surface area contributed by atoms with Crippen LogP contribution in [0.5, 0.6) is 5.75 Å². The monoisotopic (exact) mass is 342 g/mol. The smallest absolute Gasteiger partial charge is 0.410 e. The summed E-state index contributed by atoms with van der Waals surface area (Å²) < 4.78 is 5.32. The Hall–Kier alpha value is -2.60. The van der Waals surface area contributed by atoms with E-state index < -0.39 is 0 Å². The molecule has 2 heterocycles. The fourth-order valence-electron chi connectivity index (χ4n) is 2.41. The third-order valence-corrected chi connectivity index (χ3v) is 4.46. The first-order valence-corrected chi connectivity index (χ1v) is 8.67. The normalized spacial score (nSPS) is 14.8. The van der Waals surface area contributed by atoms with E-state index in [0.717, 1.165) is 5.56 Å². The van der Waals surface area contributed by atoms with Crippen molar-refractivity contribution < 1.29 is 14.3 Å². The Morgan fingerprint density at radius 2 is 1.71 bits per heavy atom. The topological polar surface area (TPSA) is 49.9 Å². The molecule has 0 aliphatic carbocycles. The maximum Gasteiger partial charge on any atom is 0.415 e. The van der Waals surface area contributed by atoms with Gasteiger partial charge in [0.1, 0.15) is 5.75 Å². The number of carbonyl (C=O) groups is 2. The molecular weight excluding hydrogens is 324 g/mol. The minimum Gasteiger partial charge on any atom is -0.410 e. The summed E-state index contributed by atoms with van der Waals surface area (Å²) in [7, 11) is 0. The van der Waals surface area contributed by atoms with Crippen molar-refractivity contribution in [1.29, 1.82) is 0 Å². The first-order chi connectivity index (χ1) is 11.7. The minimum absolute atomic E-state index is 0.0303. The van der Waals surface area contributed by atoms with E-state index >= 15 is 0 Å². The number of thiophene rings is 1. The summed E-state index contributed by atoms with van der Waals surface area (Å²) in [5.74, 6) is 0.497. The fourth-order valence-corrected chi connectivity index (χ4v) is 3.03. The van der Waals surface area contributed by atoms with Gasteiger partial charge in [0.15, 0.2) is 0 Å². The molecule has 1 aliphatic rings. The Labute approximate surface area is 144 Å². The molecule has 1 aromatic carbocycles. The molecule has 24 heavy (non-hydrogen) atoms. The summed E-state index contributed by atoms with van der Waals surface area (Å²) in [4.78, 5) is 27.7. The molecule has 0 saturated carbocycles. The van der Waals surface area contributed by atoms with Gasteiger partial charge in [0.05, 0.1) is 0 Å². The number of carbonyl (C=O) groups excluding carboxylic acids is 2. The third kappa shape index (κ3) is 4.23. The highest BCUT2D eigenvalue weighted by molar-refractivity contribution is 7.08. The Morgan fingerprint density at radius 3 is 2.38 bits per heavy atom. The second kappa shape index (κ2) is 7.79. The molecule has 0 spiro atoms. The Morgan fingerprint density at radius 1 is 1.00 bits per heavy atom. The van der Waals surface area contributed by atoms with E-state index in [1.54, 1.807) is 39.3 Å². The molecule has 0 unspecified atom stereocenters. The zero-order chi connectivity index (χ0) is 16.8. The third-order valence-electron chi connectivity index (χ3n) is 3.76. The summed E-state index contributed by atoms with van der Waals surface area (Å²) in [5, 5.41) is 3.96. The van der Waals surface area contributed by atoms with Gasteiger partial charge in [-0.2, -0.15) is 11.3 Å². The Kier molecular flexibility index (Phi) is 5.28. The number of benzene rings is 1. The van der Waals surface area contributed by atoms with Gasteiger partial charge in [0.25, 0.3) is 0 Å². The molecule has 2 aromatic rings. The van der Waals surface area contributed by atoms with Gasteiger partial charge in [0.2, 0.25) is 5.91 Å². The molecule has 3 rings (SSSR count). The lowest BCUT2D eigenvalue weighted by Gasteiger charge is -2.33. The molecular formula is C18H18N2O3S. The summed E-state index contributed by atoms with van der Waals surface area (Å²) in [6.07, 6.45) is 3.02. The number of nitrogens with zero attached hydrogens (tertiary/aromatic N) is 2. The summed E-state index contributed by atoms with van der Waals surface area (Å²) in [6, 6.07) is 11.0. The van der Waals surface area contributed by atoms with Crippen LogP contribution >= 0.6 is 11.3 Å². The molecule has 1 aliphatic heterocycles. The highest BCUT2D eigenvalue weighted by Crippen LogP contribution is 2.12. The molecule has 1 aromatic heterocycles. The maximum absolute atomic E-state index is 12.2. The molecule has 6 heteroatoms. The van der Waals surface area contributed by atoms with Crippen LogP contribution in [-0.4, -0.2) is 48.0 Å². The van der Waals surface area contributed by atoms with Crippen LogP contribution in [0.3, 0.4) is 0 Å². The van der Waals surface area contributed by atoms with Gasteiger partial charge >= 0.3 is 6.09 Å². The molecule has 0 atom stereocenters. The van der Waals surface area contributed by atoms with Crippen LogP contribution < -0.4 is 4.74 Å². The van der Waals surface area contributed by atoms with E-state index in [1.165, 1.54) is 0 Å². The molecule has 124 valence electrons. The number of hydrogen-bond donors (Lipinski definition) is 0. The average Bonchev–Trinajstić information content (AvgIpc) is 3.14. The van der Waals surface area contributed by atoms with Crippen LogP contribution in [-0.2, 0) is 4.79 Å². The van der Waals surface area contributed by atoms with E-state index in [9.17, 15) is 9.59 Å². The number of piperazine rings is 1. The SMILES string of the molecule is O=C(C=Cc1ccsc1)N1CCN(C(=O)Oc2ccccc2)CC1. The van der Waals surface area contributed by atoms with Crippen molar-refractivity contribution in [2.45, 2.75) is 0 Å². The predicted octanol–water partition coefficient (Wildman–Crippen LogP) is 3.10. The van der Waals surface area contributed by atoms with Crippen molar-refractivity contribution in [2.75, 3.05) is 26.2 Å². The van der Waals surface area contributed by atoms with Crippen LogP contribution in [0, 0.1) is 0 Å². The van der Waals surface area contributed by atoms with Crippen molar-refractivity contribution in [3.63, 3.8) is 0 Å². The average molecular weight is 342 g/mol. The summed E-state index contributed by atoms with van der Waals surface area (Å²) >= 11 is 1.60. The van der Waals surface area contributed by atoms with Gasteiger partial charge in [-0.1, -0.05) is 18.2 Å². The van der Waals surface area contributed by atoms with Crippen molar-refractivity contribution in [2.24, 2.45) is 0 Å². The first kappa shape index (κ1) is 16.3. The van der Waals surface area contributed by atoms with Crippen molar-refractivity contribution in [1.82, 2.24) is 9.80 Å². The molecule has 1 saturated heterocycles. The van der Waals surface area contributed by atoms with Gasteiger partial charge < -0.3 is 14.5 Å². The number of rotatable bonds is 3. The standard InChI is InChI=1S/C18H18N2O3S/c21-17(7-6-15-8-13-24-14-15)19-9-11-20(12-10-19)18(22)23-16-4-2-1-3-5-16/h1-8,13-14H,9-12H2. The second-order valence-corrected chi connectivity index (χ2v) is 6.16. The van der Waals surface area contributed by atoms with E-state index in [1.807, 2.05) is 41.1 Å². The molecule has 1 fully saturated rings. The number of ether oxygens (including phenoxy) is 1. The number of hydrogen-bond acceptors (Lipinski definition) is 4. The van der Waals surface area contributed by atoms with Gasteiger partial charge in [-0.05, 0) is 40.6 Å². The van der Waals surface area contributed by atoms with Gasteiger partial charge in [-0.25, -0.2) is 4.79 Å². The zero-order valence-electron chi connectivity index (χ0n) is 13.1. The lowest BCUT2D eigenvalue weighted by Crippen LogP contribution is -2.51. The fraction of sp³-hybridized carbons (Fsp3) is 0.222. The highest BCUT2D eigenvalue weighted by atomic mass is 32.1. The molecule has 2 amide bonds. The Balaban J connectivity index is 1.48. The van der Waals surface area contributed by atoms with Crippen LogP contribution in [0.1, 0.15) is 5.56 Å². The van der Waals surface area contributed by atoms with Crippen LogP contribution in [0.4, 0.5) is 4.79 Å². The van der Waals surface area contributed by atoms with Gasteiger partial charge in [-0.15, -0.1) is 0 Å². The second-order valence-electron chi connectivity index (χ2n) is 5.38. The predicted molar refractivity (Wildman–Crippen MR) is 94.0 cm³/mol. The van der Waals surface area contributed by atoms with E-state index in [4.69, 9.17) is 4.74 Å².